The Morgan fingerprint density at radius 2 is 2.00 bits per heavy atom. The molecule has 0 aromatic heterocycles. The molecule has 0 amide bonds. The van der Waals surface area contributed by atoms with Gasteiger partial charge in [-0.15, -0.1) is 0 Å². The number of halogens is 1. The van der Waals surface area contributed by atoms with E-state index < -0.39 is 22.1 Å². The summed E-state index contributed by atoms with van der Waals surface area (Å²) in [7, 11) is -3.67. The molecule has 0 N–H and O–H groups in total. The molecule has 0 radical (unpaired) electrons. The van der Waals surface area contributed by atoms with Gasteiger partial charge in [0, 0.05) is 13.1 Å². The predicted molar refractivity (Wildman–Crippen MR) is 84.6 cm³/mol. The van der Waals surface area contributed by atoms with Crippen LogP contribution in [-0.2, 0) is 14.8 Å². The first kappa shape index (κ1) is 17.7. The fourth-order valence-electron chi connectivity index (χ4n) is 2.33. The lowest BCUT2D eigenvalue weighted by Crippen LogP contribution is -2.35. The van der Waals surface area contributed by atoms with Gasteiger partial charge in [-0.25, -0.2) is 13.2 Å². The van der Waals surface area contributed by atoms with E-state index in [1.807, 2.05) is 0 Å². The first-order valence-electron chi connectivity index (χ1n) is 7.26. The molecular formula is C15H17ClN2O4S. The Hall–Kier alpha value is -1.62. The second-order valence-corrected chi connectivity index (χ2v) is 7.63. The maximum absolute atomic E-state index is 12.6. The second-order valence-electron chi connectivity index (χ2n) is 5.28. The van der Waals surface area contributed by atoms with E-state index in [1.54, 1.807) is 6.07 Å². The van der Waals surface area contributed by atoms with E-state index in [4.69, 9.17) is 21.6 Å². The van der Waals surface area contributed by atoms with Crippen LogP contribution in [0.25, 0.3) is 0 Å². The molecule has 8 heteroatoms. The van der Waals surface area contributed by atoms with E-state index in [0.29, 0.717) is 13.1 Å². The molecule has 6 nitrogen and oxygen atoms in total. The lowest BCUT2D eigenvalue weighted by atomic mass is 10.2. The van der Waals surface area contributed by atoms with Gasteiger partial charge >= 0.3 is 5.97 Å². The molecule has 0 aliphatic carbocycles. The smallest absolute Gasteiger partial charge is 0.340 e. The van der Waals surface area contributed by atoms with Crippen LogP contribution >= 0.6 is 11.6 Å². The molecule has 124 valence electrons. The quantitative estimate of drug-likeness (QED) is 0.774. The monoisotopic (exact) mass is 356 g/mol. The zero-order valence-electron chi connectivity index (χ0n) is 12.7. The van der Waals surface area contributed by atoms with Crippen molar-refractivity contribution in [3.63, 3.8) is 0 Å². The fourth-order valence-corrected chi connectivity index (χ4v) is 4.06. The lowest BCUT2D eigenvalue weighted by molar-refractivity contribution is 0.0435. The van der Waals surface area contributed by atoms with Crippen LogP contribution in [0.4, 0.5) is 0 Å². The molecule has 0 spiro atoms. The van der Waals surface area contributed by atoms with Crippen LogP contribution < -0.4 is 0 Å². The molecule has 1 fully saturated rings. The Morgan fingerprint density at radius 1 is 1.35 bits per heavy atom. The van der Waals surface area contributed by atoms with E-state index >= 15 is 0 Å². The van der Waals surface area contributed by atoms with Crippen molar-refractivity contribution in [3.05, 3.63) is 28.8 Å². The van der Waals surface area contributed by atoms with Crippen LogP contribution in [0, 0.1) is 11.3 Å². The summed E-state index contributed by atoms with van der Waals surface area (Å²) < 4.78 is 31.6. The number of piperidine rings is 1. The van der Waals surface area contributed by atoms with Crippen LogP contribution in [-0.4, -0.2) is 37.9 Å². The van der Waals surface area contributed by atoms with Crippen LogP contribution in [0.3, 0.4) is 0 Å². The summed E-state index contributed by atoms with van der Waals surface area (Å²) >= 11 is 5.96. The van der Waals surface area contributed by atoms with Crippen molar-refractivity contribution in [1.82, 2.24) is 4.31 Å². The number of carbonyl (C=O) groups excluding carboxylic acids is 1. The normalized spacial score (nSPS) is 17.3. The number of nitriles is 1. The summed E-state index contributed by atoms with van der Waals surface area (Å²) in [5, 5.41) is 8.77. The van der Waals surface area contributed by atoms with Crippen LogP contribution in [0.1, 0.15) is 36.5 Å². The third-order valence-electron chi connectivity index (χ3n) is 3.58. The van der Waals surface area contributed by atoms with Crippen molar-refractivity contribution in [2.75, 3.05) is 13.1 Å². The zero-order valence-corrected chi connectivity index (χ0v) is 14.2. The molecule has 1 aromatic carbocycles. The number of nitrogens with zero attached hydrogens (tertiary/aromatic N) is 2. The maximum atomic E-state index is 12.6. The Balaban J connectivity index is 2.33. The third-order valence-corrected chi connectivity index (χ3v) is 5.80. The topological polar surface area (TPSA) is 87.5 Å². The van der Waals surface area contributed by atoms with E-state index in [0.717, 1.165) is 19.3 Å². The first-order chi connectivity index (χ1) is 10.9. The molecule has 2 rings (SSSR count). The van der Waals surface area contributed by atoms with Crippen molar-refractivity contribution in [1.29, 1.82) is 5.26 Å². The van der Waals surface area contributed by atoms with Gasteiger partial charge in [-0.05, 0) is 38.0 Å². The van der Waals surface area contributed by atoms with Gasteiger partial charge in [0.2, 0.25) is 10.0 Å². The Kier molecular flexibility index (Phi) is 5.63. The van der Waals surface area contributed by atoms with E-state index in [-0.39, 0.29) is 15.5 Å². The maximum Gasteiger partial charge on any atom is 0.340 e. The standard InChI is InChI=1S/C15H17ClN2O4S/c1-11(10-17)22-15(19)13-9-12(5-6-14(13)16)23(20,21)18-7-3-2-4-8-18/h5-6,9,11H,2-4,7-8H2,1H3/t11-/m1/s1. The highest BCUT2D eigenvalue weighted by Crippen LogP contribution is 2.25. The summed E-state index contributed by atoms with van der Waals surface area (Å²) in [6.07, 6.45) is 1.71. The van der Waals surface area contributed by atoms with Crippen LogP contribution in [0.2, 0.25) is 5.02 Å². The minimum Gasteiger partial charge on any atom is -0.444 e. The molecule has 0 bridgehead atoms. The minimum atomic E-state index is -3.67. The van der Waals surface area contributed by atoms with Gasteiger partial charge in [-0.3, -0.25) is 0 Å². The van der Waals surface area contributed by atoms with Gasteiger partial charge in [0.25, 0.3) is 0 Å². The Morgan fingerprint density at radius 3 is 2.61 bits per heavy atom. The Labute approximate surface area is 140 Å². The van der Waals surface area contributed by atoms with E-state index in [9.17, 15) is 13.2 Å². The molecule has 1 aliphatic heterocycles. The molecular weight excluding hydrogens is 340 g/mol. The van der Waals surface area contributed by atoms with Crippen molar-refractivity contribution >= 4 is 27.6 Å². The summed E-state index contributed by atoms with van der Waals surface area (Å²) in [6.45, 7) is 2.35. The van der Waals surface area contributed by atoms with Crippen molar-refractivity contribution in [2.24, 2.45) is 0 Å². The van der Waals surface area contributed by atoms with Crippen molar-refractivity contribution in [3.8, 4) is 6.07 Å². The first-order valence-corrected chi connectivity index (χ1v) is 9.08. The molecule has 1 aromatic rings. The van der Waals surface area contributed by atoms with Crippen LogP contribution in [0.5, 0.6) is 0 Å². The average Bonchev–Trinajstić information content (AvgIpc) is 2.55. The number of benzene rings is 1. The minimum absolute atomic E-state index is 0.000334. The van der Waals surface area contributed by atoms with Gasteiger partial charge in [0.1, 0.15) is 6.07 Å². The van der Waals surface area contributed by atoms with Gasteiger partial charge in [0.15, 0.2) is 6.10 Å². The van der Waals surface area contributed by atoms with E-state index in [2.05, 4.69) is 0 Å². The SMILES string of the molecule is C[C@H](C#N)OC(=O)c1cc(S(=O)(=O)N2CCCCC2)ccc1Cl. The highest BCUT2D eigenvalue weighted by atomic mass is 35.5. The highest BCUT2D eigenvalue weighted by Gasteiger charge is 2.27. The van der Waals surface area contributed by atoms with Gasteiger partial charge in [0.05, 0.1) is 15.5 Å². The molecule has 23 heavy (non-hydrogen) atoms. The van der Waals surface area contributed by atoms with Gasteiger partial charge < -0.3 is 4.74 Å². The largest absolute Gasteiger partial charge is 0.444 e. The number of hydrogen-bond donors (Lipinski definition) is 0. The summed E-state index contributed by atoms with van der Waals surface area (Å²) in [6, 6.07) is 5.70. The molecule has 0 saturated carbocycles. The third kappa shape index (κ3) is 4.02. The summed E-state index contributed by atoms with van der Waals surface area (Å²) in [5.41, 5.74) is -0.0631. The fraction of sp³-hybridized carbons (Fsp3) is 0.467. The summed E-state index contributed by atoms with van der Waals surface area (Å²) in [4.78, 5) is 12.0. The number of carbonyl (C=O) groups is 1. The average molecular weight is 357 g/mol. The highest BCUT2D eigenvalue weighted by molar-refractivity contribution is 7.89. The number of sulfonamides is 1. The number of ether oxygens (including phenoxy) is 1. The van der Waals surface area contributed by atoms with Gasteiger partial charge in [-0.2, -0.15) is 9.57 Å². The molecule has 1 saturated heterocycles. The van der Waals surface area contributed by atoms with Crippen molar-refractivity contribution in [2.45, 2.75) is 37.2 Å². The number of rotatable bonds is 4. The van der Waals surface area contributed by atoms with Crippen LogP contribution in [0.15, 0.2) is 23.1 Å². The molecule has 1 atom stereocenters. The van der Waals surface area contributed by atoms with Gasteiger partial charge in [-0.1, -0.05) is 18.0 Å². The predicted octanol–water partition coefficient (Wildman–Crippen LogP) is 2.58. The Bertz CT molecular complexity index is 736. The van der Waals surface area contributed by atoms with Crippen molar-refractivity contribution < 1.29 is 17.9 Å². The number of hydrogen-bond acceptors (Lipinski definition) is 5. The van der Waals surface area contributed by atoms with E-state index in [1.165, 1.54) is 29.4 Å². The molecule has 1 aliphatic rings. The second kappa shape index (κ2) is 7.30. The number of esters is 1. The lowest BCUT2D eigenvalue weighted by Gasteiger charge is -2.26. The zero-order chi connectivity index (χ0) is 17.0. The molecule has 1 heterocycles. The molecule has 0 unspecified atom stereocenters. The summed E-state index contributed by atoms with van der Waals surface area (Å²) in [5.74, 6) is -0.820.